The van der Waals surface area contributed by atoms with E-state index in [1.54, 1.807) is 0 Å². The molecule has 2 aromatic carbocycles. The zero-order valence-electron chi connectivity index (χ0n) is 18.0. The number of rotatable bonds is 13. The van der Waals surface area contributed by atoms with Gasteiger partial charge in [-0.2, -0.15) is 0 Å². The lowest BCUT2D eigenvalue weighted by Crippen LogP contribution is -2.36. The van der Waals surface area contributed by atoms with Crippen LogP contribution in [-0.4, -0.2) is 41.9 Å². The first kappa shape index (κ1) is 24.3. The minimum absolute atomic E-state index is 0.0436. The topological polar surface area (TPSA) is 95.5 Å². The van der Waals surface area contributed by atoms with Crippen LogP contribution in [0.1, 0.15) is 37.3 Å². The van der Waals surface area contributed by atoms with Crippen molar-refractivity contribution in [2.45, 2.75) is 45.1 Å². The summed E-state index contributed by atoms with van der Waals surface area (Å²) in [6.45, 7) is 2.26. The predicted octanol–water partition coefficient (Wildman–Crippen LogP) is 2.44. The maximum Gasteiger partial charge on any atom is 0.224 e. The van der Waals surface area contributed by atoms with Crippen LogP contribution in [0.2, 0.25) is 0 Å². The number of hydrogen-bond donors (Lipinski definition) is 3. The molecule has 0 aromatic heterocycles. The molecule has 2 aromatic rings. The Morgan fingerprint density at radius 3 is 2.10 bits per heavy atom. The van der Waals surface area contributed by atoms with E-state index in [-0.39, 0.29) is 36.5 Å². The van der Waals surface area contributed by atoms with E-state index in [1.807, 2.05) is 67.6 Å². The number of carbonyl (C=O) groups excluding carboxylic acids is 3. The van der Waals surface area contributed by atoms with Crippen molar-refractivity contribution in [2.24, 2.45) is 5.92 Å². The lowest BCUT2D eigenvalue weighted by atomic mass is 10.0. The van der Waals surface area contributed by atoms with Gasteiger partial charge in [0.1, 0.15) is 6.10 Å². The number of ketones is 1. The Morgan fingerprint density at radius 1 is 0.839 bits per heavy atom. The third-order valence-electron chi connectivity index (χ3n) is 5.08. The van der Waals surface area contributed by atoms with Crippen molar-refractivity contribution < 1.29 is 19.5 Å². The van der Waals surface area contributed by atoms with Crippen LogP contribution in [0.4, 0.5) is 0 Å². The second-order valence-corrected chi connectivity index (χ2v) is 7.89. The molecule has 0 spiro atoms. The lowest BCUT2D eigenvalue weighted by molar-refractivity contribution is -0.130. The Hall–Kier alpha value is -2.99. The van der Waals surface area contributed by atoms with E-state index in [1.165, 1.54) is 0 Å². The molecule has 0 saturated heterocycles. The fraction of sp³-hybridized carbons (Fsp3) is 0.400. The first-order valence-corrected chi connectivity index (χ1v) is 10.8. The van der Waals surface area contributed by atoms with E-state index in [4.69, 9.17) is 0 Å². The van der Waals surface area contributed by atoms with E-state index in [2.05, 4.69) is 10.6 Å². The Morgan fingerprint density at radius 2 is 1.45 bits per heavy atom. The van der Waals surface area contributed by atoms with Gasteiger partial charge in [-0.05, 0) is 36.3 Å². The van der Waals surface area contributed by atoms with Gasteiger partial charge in [-0.15, -0.1) is 0 Å². The van der Waals surface area contributed by atoms with Crippen molar-refractivity contribution in [3.63, 3.8) is 0 Å². The molecule has 2 amide bonds. The number of aliphatic hydroxyl groups is 1. The molecule has 0 fully saturated rings. The van der Waals surface area contributed by atoms with Crippen LogP contribution in [0.5, 0.6) is 0 Å². The number of carbonyl (C=O) groups is 3. The van der Waals surface area contributed by atoms with Crippen molar-refractivity contribution >= 4 is 17.6 Å². The molecule has 0 aliphatic heterocycles. The summed E-state index contributed by atoms with van der Waals surface area (Å²) in [5.74, 6) is -0.593. The van der Waals surface area contributed by atoms with Crippen LogP contribution in [0, 0.1) is 5.92 Å². The Labute approximate surface area is 184 Å². The van der Waals surface area contributed by atoms with Gasteiger partial charge < -0.3 is 15.7 Å². The normalized spacial score (nSPS) is 12.6. The zero-order valence-corrected chi connectivity index (χ0v) is 18.0. The number of hydrogen-bond acceptors (Lipinski definition) is 4. The average molecular weight is 425 g/mol. The first-order valence-electron chi connectivity index (χ1n) is 10.8. The highest BCUT2D eigenvalue weighted by molar-refractivity contribution is 5.88. The van der Waals surface area contributed by atoms with Crippen molar-refractivity contribution in [1.29, 1.82) is 0 Å². The fourth-order valence-corrected chi connectivity index (χ4v) is 3.21. The number of Topliss-reactive ketones (excluding diaryl/α,β-unsaturated/α-hetero) is 1. The SMILES string of the molecule is CC(CCNC(=O)Cc1ccccc1)CC(=O)NCC(=O)C(O)CCc1ccccc1. The molecule has 2 unspecified atom stereocenters. The molecule has 0 aliphatic carbocycles. The largest absolute Gasteiger partial charge is 0.385 e. The van der Waals surface area contributed by atoms with E-state index in [9.17, 15) is 19.5 Å². The summed E-state index contributed by atoms with van der Waals surface area (Å²) in [5, 5.41) is 15.5. The van der Waals surface area contributed by atoms with Crippen molar-refractivity contribution in [3.8, 4) is 0 Å². The standard InChI is InChI=1S/C25H32N2O4/c1-19(14-15-26-25(31)17-21-10-6-3-7-11-21)16-24(30)27-18-23(29)22(28)13-12-20-8-4-2-5-9-20/h2-11,19,22,28H,12-18H2,1H3,(H,26,31)(H,27,30). The van der Waals surface area contributed by atoms with E-state index in [0.717, 1.165) is 11.1 Å². The van der Waals surface area contributed by atoms with Gasteiger partial charge in [0, 0.05) is 13.0 Å². The summed E-state index contributed by atoms with van der Waals surface area (Å²) in [7, 11) is 0. The van der Waals surface area contributed by atoms with Gasteiger partial charge in [-0.25, -0.2) is 0 Å². The molecule has 0 aliphatic rings. The van der Waals surface area contributed by atoms with Crippen molar-refractivity contribution in [3.05, 3.63) is 71.8 Å². The third-order valence-corrected chi connectivity index (χ3v) is 5.08. The maximum absolute atomic E-state index is 12.1. The summed E-state index contributed by atoms with van der Waals surface area (Å²) in [6, 6.07) is 19.2. The molecule has 2 atom stereocenters. The van der Waals surface area contributed by atoms with Crippen LogP contribution in [0.3, 0.4) is 0 Å². The van der Waals surface area contributed by atoms with Crippen molar-refractivity contribution in [2.75, 3.05) is 13.1 Å². The number of aryl methyl sites for hydroxylation is 1. The first-order chi connectivity index (χ1) is 14.9. The number of nitrogens with one attached hydrogen (secondary N) is 2. The summed E-state index contributed by atoms with van der Waals surface area (Å²) in [6.07, 6.45) is 1.12. The lowest BCUT2D eigenvalue weighted by Gasteiger charge is -2.13. The van der Waals surface area contributed by atoms with Gasteiger partial charge in [-0.3, -0.25) is 14.4 Å². The van der Waals surface area contributed by atoms with Gasteiger partial charge in [0.15, 0.2) is 5.78 Å². The minimum Gasteiger partial charge on any atom is -0.385 e. The summed E-state index contributed by atoms with van der Waals surface area (Å²) < 4.78 is 0. The highest BCUT2D eigenvalue weighted by Crippen LogP contribution is 2.08. The van der Waals surface area contributed by atoms with E-state index >= 15 is 0 Å². The smallest absolute Gasteiger partial charge is 0.224 e. The van der Waals surface area contributed by atoms with E-state index < -0.39 is 6.10 Å². The maximum atomic E-state index is 12.1. The average Bonchev–Trinajstić information content (AvgIpc) is 2.77. The molecule has 6 nitrogen and oxygen atoms in total. The molecule has 0 heterocycles. The van der Waals surface area contributed by atoms with Gasteiger partial charge in [0.05, 0.1) is 13.0 Å². The Bertz CT molecular complexity index is 824. The molecule has 166 valence electrons. The number of benzene rings is 2. The summed E-state index contributed by atoms with van der Waals surface area (Å²) in [5.41, 5.74) is 2.02. The summed E-state index contributed by atoms with van der Waals surface area (Å²) >= 11 is 0. The Balaban J connectivity index is 1.57. The Kier molecular flexibility index (Phi) is 10.4. The molecule has 0 bridgehead atoms. The van der Waals surface area contributed by atoms with Gasteiger partial charge in [0.2, 0.25) is 11.8 Å². The fourth-order valence-electron chi connectivity index (χ4n) is 3.21. The number of aliphatic hydroxyl groups excluding tert-OH is 1. The highest BCUT2D eigenvalue weighted by Gasteiger charge is 2.17. The van der Waals surface area contributed by atoms with Gasteiger partial charge in [0.25, 0.3) is 0 Å². The molecular weight excluding hydrogens is 392 g/mol. The molecule has 2 rings (SSSR count). The minimum atomic E-state index is -1.09. The van der Waals surface area contributed by atoms with Gasteiger partial charge >= 0.3 is 0 Å². The van der Waals surface area contributed by atoms with E-state index in [0.29, 0.717) is 32.2 Å². The van der Waals surface area contributed by atoms with Crippen LogP contribution < -0.4 is 10.6 Å². The second-order valence-electron chi connectivity index (χ2n) is 7.89. The monoisotopic (exact) mass is 424 g/mol. The molecule has 6 heteroatoms. The molecule has 3 N–H and O–H groups in total. The molecule has 31 heavy (non-hydrogen) atoms. The number of amides is 2. The third kappa shape index (κ3) is 10.0. The van der Waals surface area contributed by atoms with Crippen LogP contribution in [-0.2, 0) is 27.2 Å². The molecule has 0 radical (unpaired) electrons. The molecular formula is C25H32N2O4. The molecule has 0 saturated carbocycles. The van der Waals surface area contributed by atoms with Crippen LogP contribution in [0.15, 0.2) is 60.7 Å². The highest BCUT2D eigenvalue weighted by atomic mass is 16.3. The van der Waals surface area contributed by atoms with Crippen molar-refractivity contribution in [1.82, 2.24) is 10.6 Å². The quantitative estimate of drug-likeness (QED) is 0.460. The summed E-state index contributed by atoms with van der Waals surface area (Å²) in [4.78, 5) is 36.1. The predicted molar refractivity (Wildman–Crippen MR) is 120 cm³/mol. The van der Waals surface area contributed by atoms with Gasteiger partial charge in [-0.1, -0.05) is 67.6 Å². The van der Waals surface area contributed by atoms with Crippen LogP contribution in [0.25, 0.3) is 0 Å². The second kappa shape index (κ2) is 13.3. The van der Waals surface area contributed by atoms with Crippen LogP contribution >= 0.6 is 0 Å². The zero-order chi connectivity index (χ0) is 22.5.